The van der Waals surface area contributed by atoms with E-state index < -0.39 is 11.4 Å². The Morgan fingerprint density at radius 3 is 1.61 bits per heavy atom. The van der Waals surface area contributed by atoms with Crippen molar-refractivity contribution in [2.45, 2.75) is 109 Å². The van der Waals surface area contributed by atoms with Crippen molar-refractivity contribution in [1.29, 1.82) is 0 Å². The number of aliphatic carboxylic acids is 1. The molecule has 3 heteroatoms. The second-order valence-corrected chi connectivity index (χ2v) is 8.30. The Bertz CT molecular complexity index is 503. The van der Waals surface area contributed by atoms with Crippen molar-refractivity contribution in [3.63, 3.8) is 0 Å². The Balaban J connectivity index is 2.10. The predicted molar refractivity (Wildman–Crippen MR) is 120 cm³/mol. The van der Waals surface area contributed by atoms with Crippen LogP contribution in [0.25, 0.3) is 0 Å². The van der Waals surface area contributed by atoms with Gasteiger partial charge in [-0.25, -0.2) is 0 Å². The normalized spacial score (nSPS) is 13.4. The maximum absolute atomic E-state index is 11.9. The highest BCUT2D eigenvalue weighted by Crippen LogP contribution is 2.30. The summed E-state index contributed by atoms with van der Waals surface area (Å²) in [7, 11) is 0. The SMILES string of the molecule is CCCCCCCCCCCCCCCCC(CN)(C(=O)O)c1ccccc1. The number of nitrogens with two attached hydrogens (primary N) is 1. The molecule has 1 aromatic carbocycles. The zero-order chi connectivity index (χ0) is 20.5. The number of carbonyl (C=O) groups is 1. The largest absolute Gasteiger partial charge is 0.481 e. The third-order valence-electron chi connectivity index (χ3n) is 6.04. The van der Waals surface area contributed by atoms with Crippen molar-refractivity contribution in [3.8, 4) is 0 Å². The summed E-state index contributed by atoms with van der Waals surface area (Å²) in [5, 5.41) is 9.80. The zero-order valence-electron chi connectivity index (χ0n) is 18.1. The van der Waals surface area contributed by atoms with Crippen LogP contribution in [0.15, 0.2) is 30.3 Å². The lowest BCUT2D eigenvalue weighted by molar-refractivity contribution is -0.143. The number of carboxylic acids is 1. The van der Waals surface area contributed by atoms with Crippen molar-refractivity contribution in [2.24, 2.45) is 5.73 Å². The highest BCUT2D eigenvalue weighted by atomic mass is 16.4. The number of unbranched alkanes of at least 4 members (excludes halogenated alkanes) is 13. The molecule has 3 N–H and O–H groups in total. The van der Waals surface area contributed by atoms with Gasteiger partial charge in [0.05, 0.1) is 0 Å². The minimum Gasteiger partial charge on any atom is -0.481 e. The van der Waals surface area contributed by atoms with Crippen LogP contribution in [-0.4, -0.2) is 17.6 Å². The van der Waals surface area contributed by atoms with E-state index in [-0.39, 0.29) is 6.54 Å². The Labute approximate surface area is 173 Å². The number of hydrogen-bond donors (Lipinski definition) is 2. The molecule has 0 heterocycles. The van der Waals surface area contributed by atoms with Gasteiger partial charge in [-0.2, -0.15) is 0 Å². The van der Waals surface area contributed by atoms with Crippen LogP contribution in [0.3, 0.4) is 0 Å². The summed E-state index contributed by atoms with van der Waals surface area (Å²) in [6.07, 6.45) is 18.9. The molecule has 1 rings (SSSR count). The van der Waals surface area contributed by atoms with E-state index in [4.69, 9.17) is 5.73 Å². The molecule has 0 aromatic heterocycles. The average molecular weight is 390 g/mol. The minimum atomic E-state index is -0.932. The Morgan fingerprint density at radius 1 is 0.786 bits per heavy atom. The molecular formula is C25H43NO2. The molecule has 0 amide bonds. The number of benzene rings is 1. The highest BCUT2D eigenvalue weighted by molar-refractivity contribution is 5.81. The van der Waals surface area contributed by atoms with Crippen LogP contribution in [0.2, 0.25) is 0 Å². The first-order valence-corrected chi connectivity index (χ1v) is 11.7. The third-order valence-corrected chi connectivity index (χ3v) is 6.04. The molecule has 1 unspecified atom stereocenters. The van der Waals surface area contributed by atoms with Gasteiger partial charge in [-0.15, -0.1) is 0 Å². The number of carboxylic acid groups (broad SMARTS) is 1. The van der Waals surface area contributed by atoms with E-state index in [9.17, 15) is 9.90 Å². The Kier molecular flexibility index (Phi) is 13.7. The predicted octanol–water partition coefficient (Wildman–Crippen LogP) is 6.84. The molecule has 0 spiro atoms. The quantitative estimate of drug-likeness (QED) is 0.270. The van der Waals surface area contributed by atoms with Crippen molar-refractivity contribution in [2.75, 3.05) is 6.54 Å². The van der Waals surface area contributed by atoms with Gasteiger partial charge in [0, 0.05) is 6.54 Å². The van der Waals surface area contributed by atoms with Gasteiger partial charge in [-0.3, -0.25) is 4.79 Å². The molecule has 0 saturated heterocycles. The summed E-state index contributed by atoms with van der Waals surface area (Å²) in [6, 6.07) is 9.50. The lowest BCUT2D eigenvalue weighted by Crippen LogP contribution is -2.43. The Morgan fingerprint density at radius 2 is 1.21 bits per heavy atom. The average Bonchev–Trinajstić information content (AvgIpc) is 2.71. The lowest BCUT2D eigenvalue weighted by Gasteiger charge is -2.28. The lowest BCUT2D eigenvalue weighted by atomic mass is 9.76. The highest BCUT2D eigenvalue weighted by Gasteiger charge is 2.38. The zero-order valence-corrected chi connectivity index (χ0v) is 18.1. The van der Waals surface area contributed by atoms with Gasteiger partial charge in [0.25, 0.3) is 0 Å². The van der Waals surface area contributed by atoms with Gasteiger partial charge in [0.15, 0.2) is 0 Å². The fraction of sp³-hybridized carbons (Fsp3) is 0.720. The summed E-state index contributed by atoms with van der Waals surface area (Å²) >= 11 is 0. The summed E-state index contributed by atoms with van der Waals surface area (Å²) in [4.78, 5) is 11.9. The second kappa shape index (κ2) is 15.6. The van der Waals surface area contributed by atoms with Crippen LogP contribution >= 0.6 is 0 Å². The van der Waals surface area contributed by atoms with Crippen LogP contribution in [-0.2, 0) is 10.2 Å². The molecule has 0 aliphatic carbocycles. The standard InChI is InChI=1S/C25H43NO2/c1-2-3-4-5-6-7-8-9-10-11-12-13-14-18-21-25(22-26,24(27)28)23-19-16-15-17-20-23/h15-17,19-20H,2-14,18,21-22,26H2,1H3,(H,27,28). The van der Waals surface area contributed by atoms with Crippen molar-refractivity contribution < 1.29 is 9.90 Å². The van der Waals surface area contributed by atoms with Gasteiger partial charge < -0.3 is 10.8 Å². The molecule has 3 nitrogen and oxygen atoms in total. The van der Waals surface area contributed by atoms with Gasteiger partial charge in [0.2, 0.25) is 0 Å². The first kappa shape index (κ1) is 24.7. The molecule has 0 aliphatic rings. The van der Waals surface area contributed by atoms with E-state index in [2.05, 4.69) is 6.92 Å². The first-order chi connectivity index (χ1) is 13.7. The van der Waals surface area contributed by atoms with Gasteiger partial charge in [0.1, 0.15) is 5.41 Å². The third kappa shape index (κ3) is 9.23. The van der Waals surface area contributed by atoms with Crippen LogP contribution < -0.4 is 5.73 Å². The van der Waals surface area contributed by atoms with E-state index in [1.165, 1.54) is 77.0 Å². The van der Waals surface area contributed by atoms with Crippen LogP contribution in [0.5, 0.6) is 0 Å². The number of rotatable bonds is 18. The van der Waals surface area contributed by atoms with Gasteiger partial charge >= 0.3 is 5.97 Å². The maximum atomic E-state index is 11.9. The molecule has 28 heavy (non-hydrogen) atoms. The fourth-order valence-corrected chi connectivity index (χ4v) is 4.06. The minimum absolute atomic E-state index is 0.158. The summed E-state index contributed by atoms with van der Waals surface area (Å²) in [5.74, 6) is -0.795. The summed E-state index contributed by atoms with van der Waals surface area (Å²) < 4.78 is 0. The molecule has 0 aliphatic heterocycles. The van der Waals surface area contributed by atoms with Crippen LogP contribution in [0.4, 0.5) is 0 Å². The molecule has 1 atom stereocenters. The van der Waals surface area contributed by atoms with Crippen molar-refractivity contribution in [1.82, 2.24) is 0 Å². The molecule has 0 radical (unpaired) electrons. The van der Waals surface area contributed by atoms with Gasteiger partial charge in [-0.05, 0) is 12.0 Å². The van der Waals surface area contributed by atoms with Crippen molar-refractivity contribution in [3.05, 3.63) is 35.9 Å². The molecule has 0 saturated carbocycles. The molecule has 0 fully saturated rings. The smallest absolute Gasteiger partial charge is 0.315 e. The monoisotopic (exact) mass is 389 g/mol. The second-order valence-electron chi connectivity index (χ2n) is 8.30. The van der Waals surface area contributed by atoms with E-state index in [1.54, 1.807) is 0 Å². The summed E-state index contributed by atoms with van der Waals surface area (Å²) in [6.45, 7) is 2.43. The molecule has 0 bridgehead atoms. The topological polar surface area (TPSA) is 63.3 Å². The Hall–Kier alpha value is -1.35. The van der Waals surface area contributed by atoms with E-state index in [0.29, 0.717) is 6.42 Å². The fourth-order valence-electron chi connectivity index (χ4n) is 4.06. The molecule has 160 valence electrons. The van der Waals surface area contributed by atoms with E-state index in [0.717, 1.165) is 18.4 Å². The van der Waals surface area contributed by atoms with E-state index in [1.807, 2.05) is 30.3 Å². The molecule has 1 aromatic rings. The summed E-state index contributed by atoms with van der Waals surface area (Å²) in [5.41, 5.74) is 5.82. The molecular weight excluding hydrogens is 346 g/mol. The van der Waals surface area contributed by atoms with Crippen LogP contribution in [0, 0.1) is 0 Å². The van der Waals surface area contributed by atoms with E-state index >= 15 is 0 Å². The maximum Gasteiger partial charge on any atom is 0.315 e. The van der Waals surface area contributed by atoms with Crippen molar-refractivity contribution >= 4 is 5.97 Å². The van der Waals surface area contributed by atoms with Gasteiger partial charge in [-0.1, -0.05) is 127 Å². The number of hydrogen-bond acceptors (Lipinski definition) is 2. The van der Waals surface area contributed by atoms with Crippen LogP contribution in [0.1, 0.15) is 109 Å². The first-order valence-electron chi connectivity index (χ1n) is 11.7.